The van der Waals surface area contributed by atoms with Crippen LogP contribution >= 0.6 is 0 Å². The molecule has 0 aliphatic rings. The monoisotopic (exact) mass is 386 g/mol. The van der Waals surface area contributed by atoms with Crippen molar-refractivity contribution in [1.82, 2.24) is 10.2 Å². The summed E-state index contributed by atoms with van der Waals surface area (Å²) in [6, 6.07) is 15.4. The van der Waals surface area contributed by atoms with E-state index in [4.69, 9.17) is 4.74 Å². The molecule has 1 unspecified atom stereocenters. The molecule has 0 heterocycles. The van der Waals surface area contributed by atoms with Crippen molar-refractivity contribution in [2.45, 2.75) is 39.2 Å². The van der Waals surface area contributed by atoms with Crippen LogP contribution in [0.5, 0.6) is 5.75 Å². The Morgan fingerprint density at radius 2 is 1.82 bits per heavy atom. The van der Waals surface area contributed by atoms with Gasteiger partial charge in [-0.2, -0.15) is 0 Å². The number of likely N-dealkylation sites (N-methyl/N-ethyl adjacent to an activating group) is 1. The maximum atomic E-state index is 13.8. The molecule has 28 heavy (non-hydrogen) atoms. The van der Waals surface area contributed by atoms with Crippen molar-refractivity contribution in [2.75, 3.05) is 26.7 Å². The van der Waals surface area contributed by atoms with Crippen molar-refractivity contribution in [3.8, 4) is 5.75 Å². The van der Waals surface area contributed by atoms with Gasteiger partial charge in [0.1, 0.15) is 0 Å². The lowest BCUT2D eigenvalue weighted by atomic mass is 10.0. The molecule has 2 rings (SSSR count). The van der Waals surface area contributed by atoms with Gasteiger partial charge in [-0.05, 0) is 49.2 Å². The summed E-state index contributed by atoms with van der Waals surface area (Å²) in [5, 5.41) is 3.06. The summed E-state index contributed by atoms with van der Waals surface area (Å²) in [6.07, 6.45) is 1.73. The predicted molar refractivity (Wildman–Crippen MR) is 111 cm³/mol. The summed E-state index contributed by atoms with van der Waals surface area (Å²) in [4.78, 5) is 14.7. The Balaban J connectivity index is 1.88. The maximum absolute atomic E-state index is 13.8. The third-order valence-electron chi connectivity index (χ3n) is 5.03. The summed E-state index contributed by atoms with van der Waals surface area (Å²) in [5.41, 5.74) is 2.06. The number of nitrogens with zero attached hydrogens (tertiary/aromatic N) is 1. The molecule has 0 aliphatic heterocycles. The number of ether oxygens (including phenoxy) is 1. The summed E-state index contributed by atoms with van der Waals surface area (Å²) < 4.78 is 18.7. The third-order valence-corrected chi connectivity index (χ3v) is 5.03. The fourth-order valence-corrected chi connectivity index (χ4v) is 3.40. The number of hydrogen-bond acceptors (Lipinski definition) is 3. The van der Waals surface area contributed by atoms with Crippen LogP contribution in [-0.4, -0.2) is 43.6 Å². The van der Waals surface area contributed by atoms with Crippen LogP contribution in [0.1, 0.15) is 31.4 Å². The lowest BCUT2D eigenvalue weighted by Crippen LogP contribution is -2.45. The van der Waals surface area contributed by atoms with Gasteiger partial charge >= 0.3 is 0 Å². The van der Waals surface area contributed by atoms with Crippen LogP contribution in [0.25, 0.3) is 0 Å². The second-order valence-corrected chi connectivity index (χ2v) is 6.84. The minimum Gasteiger partial charge on any atom is -0.494 e. The van der Waals surface area contributed by atoms with Crippen LogP contribution in [0.4, 0.5) is 4.39 Å². The Morgan fingerprint density at radius 3 is 2.43 bits per heavy atom. The van der Waals surface area contributed by atoms with E-state index in [1.54, 1.807) is 12.1 Å². The number of amides is 1. The molecule has 0 bridgehead atoms. The van der Waals surface area contributed by atoms with Crippen molar-refractivity contribution >= 4 is 5.91 Å². The van der Waals surface area contributed by atoms with Crippen molar-refractivity contribution in [1.29, 1.82) is 0 Å². The number of aryl methyl sites for hydroxylation is 1. The largest absolute Gasteiger partial charge is 0.494 e. The minimum atomic E-state index is -0.398. The van der Waals surface area contributed by atoms with Crippen LogP contribution in [0.15, 0.2) is 48.5 Å². The average molecular weight is 387 g/mol. The highest BCUT2D eigenvalue weighted by atomic mass is 19.1. The molecule has 1 atom stereocenters. The van der Waals surface area contributed by atoms with Gasteiger partial charge in [-0.15, -0.1) is 0 Å². The van der Waals surface area contributed by atoms with E-state index in [0.29, 0.717) is 19.4 Å². The van der Waals surface area contributed by atoms with Gasteiger partial charge in [0.05, 0.1) is 7.11 Å². The lowest BCUT2D eigenvalue weighted by molar-refractivity contribution is -0.121. The van der Waals surface area contributed by atoms with E-state index >= 15 is 0 Å². The first kappa shape index (κ1) is 21.9. The van der Waals surface area contributed by atoms with Gasteiger partial charge in [0.15, 0.2) is 11.6 Å². The molecule has 0 radical (unpaired) electrons. The smallest absolute Gasteiger partial charge is 0.220 e. The van der Waals surface area contributed by atoms with Crippen molar-refractivity contribution < 1.29 is 13.9 Å². The Hall–Kier alpha value is -2.40. The molecule has 0 spiro atoms. The highest BCUT2D eigenvalue weighted by Gasteiger charge is 2.17. The number of benzene rings is 2. The number of methoxy groups -OCH3 is 1. The predicted octanol–water partition coefficient (Wildman–Crippen LogP) is 3.84. The molecule has 0 aliphatic carbocycles. The molecule has 0 saturated carbocycles. The van der Waals surface area contributed by atoms with Crippen LogP contribution in [0.2, 0.25) is 0 Å². The highest BCUT2D eigenvalue weighted by molar-refractivity contribution is 5.76. The van der Waals surface area contributed by atoms with Crippen LogP contribution in [0.3, 0.4) is 0 Å². The van der Waals surface area contributed by atoms with Crippen molar-refractivity contribution in [2.24, 2.45) is 0 Å². The first-order valence-electron chi connectivity index (χ1n) is 9.94. The quantitative estimate of drug-likeness (QED) is 0.638. The number of carbonyl (C=O) groups excluding carboxylic acids is 1. The van der Waals surface area contributed by atoms with Gasteiger partial charge in [-0.3, -0.25) is 9.69 Å². The Morgan fingerprint density at radius 1 is 1.11 bits per heavy atom. The molecular formula is C23H31FN2O2. The first-order valence-corrected chi connectivity index (χ1v) is 9.94. The molecule has 5 heteroatoms. The van der Waals surface area contributed by atoms with Gasteiger partial charge in [-0.25, -0.2) is 4.39 Å². The third kappa shape index (κ3) is 6.64. The molecule has 2 aromatic rings. The molecular weight excluding hydrogens is 355 g/mol. The van der Waals surface area contributed by atoms with Gasteiger partial charge in [0, 0.05) is 19.0 Å². The molecule has 1 amide bonds. The summed E-state index contributed by atoms with van der Waals surface area (Å²) in [6.45, 7) is 6.76. The highest BCUT2D eigenvalue weighted by Crippen LogP contribution is 2.18. The molecule has 2 aromatic carbocycles. The zero-order valence-electron chi connectivity index (χ0n) is 17.1. The Bertz CT molecular complexity index is 733. The molecule has 0 fully saturated rings. The zero-order chi connectivity index (χ0) is 20.4. The number of carbonyl (C=O) groups is 1. The maximum Gasteiger partial charge on any atom is 0.220 e. The van der Waals surface area contributed by atoms with E-state index in [2.05, 4.69) is 36.2 Å². The molecule has 0 saturated heterocycles. The normalized spacial score (nSPS) is 12.0. The second-order valence-electron chi connectivity index (χ2n) is 6.84. The van der Waals surface area contributed by atoms with E-state index in [1.807, 2.05) is 18.2 Å². The standard InChI is InChI=1S/C23H31FN2O2/c1-4-26(5-2)20(15-18-9-7-6-8-10-18)17-25-23(27)14-12-19-11-13-22(28-3)21(24)16-19/h6-11,13,16,20H,4-5,12,14-15,17H2,1-3H3,(H,25,27). The Labute approximate surface area is 167 Å². The summed E-state index contributed by atoms with van der Waals surface area (Å²) >= 11 is 0. The molecule has 0 aromatic heterocycles. The van der Waals surface area contributed by atoms with Gasteiger partial charge < -0.3 is 10.1 Å². The summed E-state index contributed by atoms with van der Waals surface area (Å²) in [5.74, 6) is -0.192. The number of hydrogen-bond donors (Lipinski definition) is 1. The molecule has 4 nitrogen and oxygen atoms in total. The van der Waals surface area contributed by atoms with E-state index in [-0.39, 0.29) is 17.7 Å². The number of halogens is 1. The summed E-state index contributed by atoms with van der Waals surface area (Å²) in [7, 11) is 1.44. The van der Waals surface area contributed by atoms with E-state index in [1.165, 1.54) is 18.7 Å². The van der Waals surface area contributed by atoms with E-state index in [9.17, 15) is 9.18 Å². The topological polar surface area (TPSA) is 41.6 Å². The fraction of sp³-hybridized carbons (Fsp3) is 0.435. The number of rotatable bonds is 11. The van der Waals surface area contributed by atoms with Gasteiger partial charge in [-0.1, -0.05) is 50.2 Å². The zero-order valence-corrected chi connectivity index (χ0v) is 17.1. The van der Waals surface area contributed by atoms with Crippen LogP contribution in [-0.2, 0) is 17.6 Å². The lowest BCUT2D eigenvalue weighted by Gasteiger charge is -2.30. The number of nitrogens with one attached hydrogen (secondary N) is 1. The van der Waals surface area contributed by atoms with Crippen molar-refractivity contribution in [3.05, 3.63) is 65.5 Å². The van der Waals surface area contributed by atoms with E-state index < -0.39 is 5.82 Å². The fourth-order valence-electron chi connectivity index (χ4n) is 3.40. The SMILES string of the molecule is CCN(CC)C(CNC(=O)CCc1ccc(OC)c(F)c1)Cc1ccccc1. The molecule has 152 valence electrons. The minimum absolute atomic E-state index is 0.0126. The Kier molecular flexibility index (Phi) is 8.95. The molecule has 1 N–H and O–H groups in total. The van der Waals surface area contributed by atoms with E-state index in [0.717, 1.165) is 25.1 Å². The first-order chi connectivity index (χ1) is 13.6. The average Bonchev–Trinajstić information content (AvgIpc) is 2.72. The van der Waals surface area contributed by atoms with Crippen LogP contribution < -0.4 is 10.1 Å². The van der Waals surface area contributed by atoms with Gasteiger partial charge in [0.2, 0.25) is 5.91 Å². The second kappa shape index (κ2) is 11.4. The van der Waals surface area contributed by atoms with Crippen molar-refractivity contribution in [3.63, 3.8) is 0 Å². The van der Waals surface area contributed by atoms with Gasteiger partial charge in [0.25, 0.3) is 0 Å². The van der Waals surface area contributed by atoms with Crippen LogP contribution in [0, 0.1) is 5.82 Å².